The van der Waals surface area contributed by atoms with Crippen molar-refractivity contribution in [1.29, 1.82) is 0 Å². The van der Waals surface area contributed by atoms with Crippen LogP contribution in [0.5, 0.6) is 5.75 Å². The summed E-state index contributed by atoms with van der Waals surface area (Å²) in [5.41, 5.74) is 3.20. The Kier molecular flexibility index (Phi) is 6.02. The molecule has 1 aliphatic rings. The number of para-hydroxylation sites is 1. The molecule has 1 aliphatic heterocycles. The van der Waals surface area contributed by atoms with E-state index >= 15 is 0 Å². The fourth-order valence-corrected chi connectivity index (χ4v) is 2.90. The number of amides is 1. The van der Waals surface area contributed by atoms with Gasteiger partial charge in [0.25, 0.3) is 5.91 Å². The first kappa shape index (κ1) is 17.3. The molecular formula is C18H21ClN2O2. The number of rotatable bonds is 4. The Morgan fingerprint density at radius 1 is 1.22 bits per heavy atom. The number of ether oxygens (including phenoxy) is 1. The van der Waals surface area contributed by atoms with Crippen LogP contribution in [-0.4, -0.2) is 26.1 Å². The van der Waals surface area contributed by atoms with Gasteiger partial charge in [-0.2, -0.15) is 0 Å². The Labute approximate surface area is 142 Å². The minimum absolute atomic E-state index is 0. The van der Waals surface area contributed by atoms with Crippen molar-refractivity contribution >= 4 is 18.3 Å². The van der Waals surface area contributed by atoms with Gasteiger partial charge in [-0.05, 0) is 36.2 Å². The highest BCUT2D eigenvalue weighted by molar-refractivity contribution is 5.96. The average molecular weight is 333 g/mol. The van der Waals surface area contributed by atoms with E-state index in [0.717, 1.165) is 13.0 Å². The molecule has 2 aromatic rings. The summed E-state index contributed by atoms with van der Waals surface area (Å²) in [4.78, 5) is 12.4. The van der Waals surface area contributed by atoms with Gasteiger partial charge in [0.15, 0.2) is 0 Å². The summed E-state index contributed by atoms with van der Waals surface area (Å²) in [5.74, 6) is 0.485. The fraction of sp³-hybridized carbons (Fsp3) is 0.278. The molecule has 0 saturated carbocycles. The van der Waals surface area contributed by atoms with Crippen LogP contribution in [0, 0.1) is 0 Å². The van der Waals surface area contributed by atoms with Crippen LogP contribution < -0.4 is 15.4 Å². The third-order valence-corrected chi connectivity index (χ3v) is 4.03. The first-order valence-corrected chi connectivity index (χ1v) is 7.52. The van der Waals surface area contributed by atoms with E-state index in [9.17, 15) is 4.79 Å². The third kappa shape index (κ3) is 3.84. The largest absolute Gasteiger partial charge is 0.496 e. The predicted octanol–water partition coefficient (Wildman–Crippen LogP) is 2.73. The van der Waals surface area contributed by atoms with Crippen LogP contribution in [0.3, 0.4) is 0 Å². The maximum atomic E-state index is 12.4. The predicted molar refractivity (Wildman–Crippen MR) is 93.5 cm³/mol. The summed E-state index contributed by atoms with van der Waals surface area (Å²) in [6.45, 7) is 1.50. The third-order valence-electron chi connectivity index (χ3n) is 4.03. The van der Waals surface area contributed by atoms with Crippen molar-refractivity contribution in [2.45, 2.75) is 12.5 Å². The van der Waals surface area contributed by atoms with Gasteiger partial charge < -0.3 is 15.4 Å². The summed E-state index contributed by atoms with van der Waals surface area (Å²) in [5, 5.41) is 6.47. The van der Waals surface area contributed by atoms with Gasteiger partial charge in [-0.15, -0.1) is 12.4 Å². The summed E-state index contributed by atoms with van der Waals surface area (Å²) >= 11 is 0. The van der Waals surface area contributed by atoms with Gasteiger partial charge in [-0.25, -0.2) is 0 Å². The first-order valence-electron chi connectivity index (χ1n) is 7.52. The van der Waals surface area contributed by atoms with E-state index in [-0.39, 0.29) is 24.4 Å². The minimum atomic E-state index is -0.109. The Bertz CT molecular complexity index is 676. The standard InChI is InChI=1S/C18H20N2O2.ClH/c1-22-17-9-5-4-8-15(17)18(21)20-12-16-14-7-3-2-6-13(14)10-11-19-16;/h2-9,16,19H,10-12H2,1H3,(H,20,21);1H. The topological polar surface area (TPSA) is 50.4 Å². The molecule has 1 heterocycles. The molecule has 1 atom stereocenters. The monoisotopic (exact) mass is 332 g/mol. The van der Waals surface area contributed by atoms with Gasteiger partial charge in [0.1, 0.15) is 5.75 Å². The Morgan fingerprint density at radius 2 is 1.96 bits per heavy atom. The van der Waals surface area contributed by atoms with Gasteiger partial charge in [-0.1, -0.05) is 36.4 Å². The Balaban J connectivity index is 0.00000192. The number of nitrogens with one attached hydrogen (secondary N) is 2. The highest BCUT2D eigenvalue weighted by Gasteiger charge is 2.20. The molecule has 3 rings (SSSR count). The zero-order valence-electron chi connectivity index (χ0n) is 13.0. The van der Waals surface area contributed by atoms with Gasteiger partial charge >= 0.3 is 0 Å². The molecule has 2 aromatic carbocycles. The van der Waals surface area contributed by atoms with Crippen LogP contribution in [0.4, 0.5) is 0 Å². The SMILES string of the molecule is COc1ccccc1C(=O)NCC1NCCc2ccccc21.Cl. The highest BCUT2D eigenvalue weighted by atomic mass is 35.5. The van der Waals surface area contributed by atoms with Crippen LogP contribution in [0.25, 0.3) is 0 Å². The molecule has 0 radical (unpaired) electrons. The quantitative estimate of drug-likeness (QED) is 0.905. The zero-order valence-corrected chi connectivity index (χ0v) is 13.9. The lowest BCUT2D eigenvalue weighted by molar-refractivity contribution is 0.0946. The molecule has 0 bridgehead atoms. The van der Waals surface area contributed by atoms with E-state index in [1.54, 1.807) is 19.2 Å². The molecular weight excluding hydrogens is 312 g/mol. The number of halogens is 1. The van der Waals surface area contributed by atoms with Crippen LogP contribution in [-0.2, 0) is 6.42 Å². The Hall–Kier alpha value is -2.04. The van der Waals surface area contributed by atoms with Gasteiger partial charge in [0, 0.05) is 12.6 Å². The van der Waals surface area contributed by atoms with Crippen molar-refractivity contribution in [1.82, 2.24) is 10.6 Å². The lowest BCUT2D eigenvalue weighted by Crippen LogP contribution is -2.38. The van der Waals surface area contributed by atoms with Crippen LogP contribution in [0.15, 0.2) is 48.5 Å². The lowest BCUT2D eigenvalue weighted by Gasteiger charge is -2.27. The van der Waals surface area contributed by atoms with Crippen molar-refractivity contribution in [2.75, 3.05) is 20.2 Å². The summed E-state index contributed by atoms with van der Waals surface area (Å²) in [6, 6.07) is 15.8. The zero-order chi connectivity index (χ0) is 15.4. The second-order valence-electron chi connectivity index (χ2n) is 5.37. The molecule has 0 saturated heterocycles. The molecule has 122 valence electrons. The lowest BCUT2D eigenvalue weighted by atomic mass is 9.94. The van der Waals surface area contributed by atoms with Gasteiger partial charge in [0.05, 0.1) is 12.7 Å². The van der Waals surface area contributed by atoms with Crippen LogP contribution >= 0.6 is 12.4 Å². The number of methoxy groups -OCH3 is 1. The van der Waals surface area contributed by atoms with E-state index in [1.165, 1.54) is 11.1 Å². The Morgan fingerprint density at radius 3 is 2.78 bits per heavy atom. The van der Waals surface area contributed by atoms with E-state index in [4.69, 9.17) is 4.74 Å². The highest BCUT2D eigenvalue weighted by Crippen LogP contribution is 2.22. The minimum Gasteiger partial charge on any atom is -0.496 e. The molecule has 0 fully saturated rings. The van der Waals surface area contributed by atoms with Crippen molar-refractivity contribution in [3.8, 4) is 5.75 Å². The molecule has 1 unspecified atom stereocenters. The van der Waals surface area contributed by atoms with Crippen molar-refractivity contribution < 1.29 is 9.53 Å². The van der Waals surface area contributed by atoms with Crippen LogP contribution in [0.1, 0.15) is 27.5 Å². The second kappa shape index (κ2) is 7.99. The molecule has 5 heteroatoms. The number of carbonyl (C=O) groups is 1. The molecule has 0 aromatic heterocycles. The summed E-state index contributed by atoms with van der Waals surface area (Å²) in [7, 11) is 1.57. The fourth-order valence-electron chi connectivity index (χ4n) is 2.90. The number of fused-ring (bicyclic) bond motifs is 1. The molecule has 4 nitrogen and oxygen atoms in total. The molecule has 2 N–H and O–H groups in total. The maximum absolute atomic E-state index is 12.4. The van der Waals surface area contributed by atoms with Crippen LogP contribution in [0.2, 0.25) is 0 Å². The summed E-state index contributed by atoms with van der Waals surface area (Å²) in [6.07, 6.45) is 1.03. The number of hydrogen-bond acceptors (Lipinski definition) is 3. The van der Waals surface area contributed by atoms with E-state index < -0.39 is 0 Å². The van der Waals surface area contributed by atoms with E-state index in [0.29, 0.717) is 17.9 Å². The second-order valence-corrected chi connectivity index (χ2v) is 5.37. The van der Waals surface area contributed by atoms with Crippen molar-refractivity contribution in [3.63, 3.8) is 0 Å². The number of carbonyl (C=O) groups excluding carboxylic acids is 1. The molecule has 0 spiro atoms. The smallest absolute Gasteiger partial charge is 0.255 e. The molecule has 23 heavy (non-hydrogen) atoms. The van der Waals surface area contributed by atoms with Gasteiger partial charge in [0.2, 0.25) is 0 Å². The van der Waals surface area contributed by atoms with E-state index in [2.05, 4.69) is 28.8 Å². The van der Waals surface area contributed by atoms with Gasteiger partial charge in [-0.3, -0.25) is 4.79 Å². The average Bonchev–Trinajstić information content (AvgIpc) is 2.59. The maximum Gasteiger partial charge on any atom is 0.255 e. The number of hydrogen-bond donors (Lipinski definition) is 2. The van der Waals surface area contributed by atoms with E-state index in [1.807, 2.05) is 18.2 Å². The molecule has 0 aliphatic carbocycles. The normalized spacial score (nSPS) is 16.0. The van der Waals surface area contributed by atoms with Crippen molar-refractivity contribution in [3.05, 3.63) is 65.2 Å². The number of benzene rings is 2. The molecule has 1 amide bonds. The first-order chi connectivity index (χ1) is 10.8. The van der Waals surface area contributed by atoms with Crippen molar-refractivity contribution in [2.24, 2.45) is 0 Å². The summed E-state index contributed by atoms with van der Waals surface area (Å²) < 4.78 is 5.24.